The van der Waals surface area contributed by atoms with Crippen molar-refractivity contribution in [2.24, 2.45) is 0 Å². The molecule has 1 atom stereocenters. The van der Waals surface area contributed by atoms with Gasteiger partial charge in [0.05, 0.1) is 37.7 Å². The van der Waals surface area contributed by atoms with E-state index in [-0.39, 0.29) is 6.04 Å². The van der Waals surface area contributed by atoms with Crippen LogP contribution in [0.5, 0.6) is 0 Å². The summed E-state index contributed by atoms with van der Waals surface area (Å²) in [5, 5.41) is 11.1. The average Bonchev–Trinajstić information content (AvgIpc) is 3.41. The van der Waals surface area contributed by atoms with Gasteiger partial charge in [-0.25, -0.2) is 19.9 Å². The summed E-state index contributed by atoms with van der Waals surface area (Å²) in [5.41, 5.74) is 3.19. The van der Waals surface area contributed by atoms with E-state index in [4.69, 9.17) is 4.74 Å². The van der Waals surface area contributed by atoms with E-state index in [0.717, 1.165) is 69.5 Å². The third-order valence-electron chi connectivity index (χ3n) is 6.64. The number of rotatable bonds is 8. The van der Waals surface area contributed by atoms with E-state index in [2.05, 4.69) is 74.7 Å². The SMILES string of the molecule is c1ccc(Cc2cnc(N3CCN(c4ncnc(Nc5cnn(C[C@H]6COCCN6)c5)n4)CC3)nc2)cc1. The van der Waals surface area contributed by atoms with E-state index >= 15 is 0 Å². The zero-order valence-corrected chi connectivity index (χ0v) is 21.1. The number of nitrogens with one attached hydrogen (secondary N) is 2. The van der Waals surface area contributed by atoms with E-state index < -0.39 is 0 Å². The van der Waals surface area contributed by atoms with Crippen LogP contribution < -0.4 is 20.4 Å². The lowest BCUT2D eigenvalue weighted by Gasteiger charge is -2.34. The summed E-state index contributed by atoms with van der Waals surface area (Å²) in [6.45, 7) is 6.19. The minimum Gasteiger partial charge on any atom is -0.378 e. The molecule has 196 valence electrons. The number of hydrogen-bond acceptors (Lipinski definition) is 11. The Morgan fingerprint density at radius 1 is 0.895 bits per heavy atom. The fraction of sp³-hybridized carbons (Fsp3) is 0.385. The van der Waals surface area contributed by atoms with Crippen LogP contribution in [0.4, 0.5) is 23.5 Å². The fourth-order valence-electron chi connectivity index (χ4n) is 4.66. The molecule has 2 aliphatic rings. The van der Waals surface area contributed by atoms with Gasteiger partial charge in [0, 0.05) is 57.7 Å². The highest BCUT2D eigenvalue weighted by molar-refractivity contribution is 5.51. The van der Waals surface area contributed by atoms with Crippen LogP contribution in [0.2, 0.25) is 0 Å². The molecular formula is C26H31N11O. The molecule has 2 N–H and O–H groups in total. The molecule has 0 aliphatic carbocycles. The minimum absolute atomic E-state index is 0.261. The van der Waals surface area contributed by atoms with Crippen molar-refractivity contribution >= 4 is 23.5 Å². The van der Waals surface area contributed by atoms with Crippen LogP contribution >= 0.6 is 0 Å². The molecule has 0 bridgehead atoms. The molecule has 6 rings (SSSR count). The molecule has 0 amide bonds. The first-order valence-electron chi connectivity index (χ1n) is 12.9. The van der Waals surface area contributed by atoms with E-state index in [9.17, 15) is 0 Å². The summed E-state index contributed by atoms with van der Waals surface area (Å²) < 4.78 is 7.42. The molecule has 3 aromatic heterocycles. The van der Waals surface area contributed by atoms with Gasteiger partial charge >= 0.3 is 0 Å². The molecule has 2 fully saturated rings. The van der Waals surface area contributed by atoms with Crippen molar-refractivity contribution in [1.29, 1.82) is 0 Å². The minimum atomic E-state index is 0.261. The van der Waals surface area contributed by atoms with Gasteiger partial charge in [0.2, 0.25) is 17.8 Å². The number of hydrogen-bond donors (Lipinski definition) is 2. The molecule has 0 saturated carbocycles. The molecule has 0 radical (unpaired) electrons. The highest BCUT2D eigenvalue weighted by Crippen LogP contribution is 2.18. The Bertz CT molecular complexity index is 1300. The first kappa shape index (κ1) is 24.2. The Morgan fingerprint density at radius 2 is 1.68 bits per heavy atom. The van der Waals surface area contributed by atoms with Crippen LogP contribution in [-0.2, 0) is 17.7 Å². The zero-order chi connectivity index (χ0) is 25.6. The first-order valence-corrected chi connectivity index (χ1v) is 12.9. The molecule has 2 saturated heterocycles. The zero-order valence-electron chi connectivity index (χ0n) is 21.1. The summed E-state index contributed by atoms with van der Waals surface area (Å²) in [6.07, 6.45) is 9.94. The Hall–Kier alpha value is -4.16. The van der Waals surface area contributed by atoms with E-state index in [0.29, 0.717) is 18.5 Å². The van der Waals surface area contributed by atoms with Crippen molar-refractivity contribution in [2.45, 2.75) is 19.0 Å². The van der Waals surface area contributed by atoms with Gasteiger partial charge in [0.1, 0.15) is 6.33 Å². The topological polar surface area (TPSA) is 122 Å². The van der Waals surface area contributed by atoms with Crippen LogP contribution in [0.15, 0.2) is 61.4 Å². The molecular weight excluding hydrogens is 482 g/mol. The highest BCUT2D eigenvalue weighted by atomic mass is 16.5. The molecule has 0 unspecified atom stereocenters. The second kappa shape index (κ2) is 11.5. The van der Waals surface area contributed by atoms with Gasteiger partial charge in [0.25, 0.3) is 0 Å². The van der Waals surface area contributed by atoms with E-state index in [1.54, 1.807) is 12.5 Å². The normalized spacial score (nSPS) is 17.9. The second-order valence-corrected chi connectivity index (χ2v) is 9.44. The molecule has 5 heterocycles. The average molecular weight is 514 g/mol. The van der Waals surface area contributed by atoms with Crippen LogP contribution in [0, 0.1) is 0 Å². The second-order valence-electron chi connectivity index (χ2n) is 9.44. The molecule has 2 aliphatic heterocycles. The van der Waals surface area contributed by atoms with Crippen molar-refractivity contribution in [1.82, 2.24) is 40.0 Å². The smallest absolute Gasteiger partial charge is 0.232 e. The van der Waals surface area contributed by atoms with Gasteiger partial charge in [-0.1, -0.05) is 30.3 Å². The third kappa shape index (κ3) is 6.03. The van der Waals surface area contributed by atoms with Gasteiger partial charge in [0.15, 0.2) is 0 Å². The van der Waals surface area contributed by atoms with Crippen LogP contribution in [0.1, 0.15) is 11.1 Å². The third-order valence-corrected chi connectivity index (χ3v) is 6.64. The van der Waals surface area contributed by atoms with Crippen LogP contribution in [-0.4, -0.2) is 86.7 Å². The maximum absolute atomic E-state index is 5.52. The van der Waals surface area contributed by atoms with Gasteiger partial charge < -0.3 is 25.2 Å². The van der Waals surface area contributed by atoms with Crippen LogP contribution in [0.25, 0.3) is 0 Å². The maximum Gasteiger partial charge on any atom is 0.232 e. The molecule has 0 spiro atoms. The fourth-order valence-corrected chi connectivity index (χ4v) is 4.66. The number of morpholine rings is 1. The molecule has 4 aromatic rings. The summed E-state index contributed by atoms with van der Waals surface area (Å²) in [6, 6.07) is 10.6. The lowest BCUT2D eigenvalue weighted by Crippen LogP contribution is -2.47. The monoisotopic (exact) mass is 513 g/mol. The lowest BCUT2D eigenvalue weighted by molar-refractivity contribution is 0.0702. The van der Waals surface area contributed by atoms with Gasteiger partial charge in [-0.2, -0.15) is 10.1 Å². The van der Waals surface area contributed by atoms with Crippen LogP contribution in [0.3, 0.4) is 0 Å². The number of aromatic nitrogens is 7. The first-order chi connectivity index (χ1) is 18.8. The van der Waals surface area contributed by atoms with Gasteiger partial charge in [-0.15, -0.1) is 0 Å². The summed E-state index contributed by atoms with van der Waals surface area (Å²) >= 11 is 0. The lowest BCUT2D eigenvalue weighted by atomic mass is 10.1. The Morgan fingerprint density at radius 3 is 2.45 bits per heavy atom. The highest BCUT2D eigenvalue weighted by Gasteiger charge is 2.21. The van der Waals surface area contributed by atoms with Crippen molar-refractivity contribution in [3.63, 3.8) is 0 Å². The Labute approximate surface area is 221 Å². The predicted octanol–water partition coefficient (Wildman–Crippen LogP) is 1.51. The van der Waals surface area contributed by atoms with E-state index in [1.807, 2.05) is 29.3 Å². The summed E-state index contributed by atoms with van der Waals surface area (Å²) in [4.78, 5) is 26.9. The number of nitrogens with zero attached hydrogens (tertiary/aromatic N) is 9. The number of ether oxygens (including phenoxy) is 1. The Kier molecular flexibility index (Phi) is 7.31. The Balaban J connectivity index is 1.02. The molecule has 38 heavy (non-hydrogen) atoms. The maximum atomic E-state index is 5.52. The van der Waals surface area contributed by atoms with Crippen molar-refractivity contribution in [3.05, 3.63) is 72.6 Å². The molecule has 12 nitrogen and oxygen atoms in total. The molecule has 1 aromatic carbocycles. The van der Waals surface area contributed by atoms with Gasteiger partial charge in [-0.05, 0) is 11.1 Å². The van der Waals surface area contributed by atoms with Gasteiger partial charge in [-0.3, -0.25) is 4.68 Å². The summed E-state index contributed by atoms with van der Waals surface area (Å²) in [5.74, 6) is 1.90. The van der Waals surface area contributed by atoms with E-state index in [1.165, 1.54) is 5.56 Å². The van der Waals surface area contributed by atoms with Crippen molar-refractivity contribution in [3.8, 4) is 0 Å². The number of benzene rings is 1. The standard InChI is InChI=1S/C26H31N11O/c1-2-4-20(5-3-1)12-21-13-28-25(29-14-21)35-7-9-36(10-8-35)26-31-19-30-24(34-26)33-22-15-32-37(16-22)17-23-18-38-11-6-27-23/h1-5,13-16,19,23,27H,6-12,17-18H2,(H,30,31,33,34)/t23-/m0/s1. The predicted molar refractivity (Wildman–Crippen MR) is 144 cm³/mol. The molecule has 12 heteroatoms. The quantitative estimate of drug-likeness (QED) is 0.356. The van der Waals surface area contributed by atoms with Crippen molar-refractivity contribution in [2.75, 3.05) is 61.1 Å². The number of piperazine rings is 1. The summed E-state index contributed by atoms with van der Waals surface area (Å²) in [7, 11) is 0. The van der Waals surface area contributed by atoms with Crippen molar-refractivity contribution < 1.29 is 4.74 Å². The largest absolute Gasteiger partial charge is 0.378 e. The number of anilines is 4.